The molecular formula is C10H15N. The molecule has 0 aliphatic rings. The zero-order valence-corrected chi connectivity index (χ0v) is 7.30. The Bertz CT molecular complexity index is 186. The predicted octanol–water partition coefficient (Wildman–Crippen LogP) is 3.06. The molecule has 0 amide bonds. The van der Waals surface area contributed by atoms with Crippen LogP contribution in [0.5, 0.6) is 0 Å². The van der Waals surface area contributed by atoms with Gasteiger partial charge in [0.25, 0.3) is 0 Å². The SMILES string of the molecule is C=CCC(C#N)(C=CC)CC. The van der Waals surface area contributed by atoms with Crippen LogP contribution < -0.4 is 0 Å². The smallest absolute Gasteiger partial charge is 0.0785 e. The molecule has 1 atom stereocenters. The van der Waals surface area contributed by atoms with Gasteiger partial charge in [-0.3, -0.25) is 0 Å². The molecule has 0 saturated carbocycles. The van der Waals surface area contributed by atoms with Crippen molar-refractivity contribution in [3.63, 3.8) is 0 Å². The van der Waals surface area contributed by atoms with Crippen molar-refractivity contribution >= 4 is 0 Å². The van der Waals surface area contributed by atoms with Gasteiger partial charge in [0.1, 0.15) is 0 Å². The maximum atomic E-state index is 8.89. The Balaban J connectivity index is 4.48. The molecule has 0 spiro atoms. The normalized spacial score (nSPS) is 15.7. The minimum Gasteiger partial charge on any atom is -0.197 e. The number of hydrogen-bond donors (Lipinski definition) is 0. The first-order valence-electron chi connectivity index (χ1n) is 3.90. The highest BCUT2D eigenvalue weighted by molar-refractivity contribution is 5.13. The third-order valence-corrected chi connectivity index (χ3v) is 1.85. The quantitative estimate of drug-likeness (QED) is 0.563. The number of rotatable bonds is 4. The second kappa shape index (κ2) is 4.73. The number of nitrogens with zero attached hydrogens (tertiary/aromatic N) is 1. The van der Waals surface area contributed by atoms with Gasteiger partial charge in [-0.15, -0.1) is 6.58 Å². The molecule has 60 valence electrons. The van der Waals surface area contributed by atoms with Crippen molar-refractivity contribution in [2.24, 2.45) is 5.41 Å². The molecule has 0 aliphatic carbocycles. The first kappa shape index (κ1) is 9.97. The number of allylic oxidation sites excluding steroid dienone is 3. The van der Waals surface area contributed by atoms with E-state index in [2.05, 4.69) is 12.6 Å². The average molecular weight is 149 g/mol. The van der Waals surface area contributed by atoms with Gasteiger partial charge in [-0.2, -0.15) is 5.26 Å². The Labute approximate surface area is 69.0 Å². The molecule has 0 rings (SSSR count). The zero-order valence-electron chi connectivity index (χ0n) is 7.30. The highest BCUT2D eigenvalue weighted by Gasteiger charge is 2.21. The maximum Gasteiger partial charge on any atom is 0.0785 e. The van der Waals surface area contributed by atoms with Crippen LogP contribution in [0.4, 0.5) is 0 Å². The highest BCUT2D eigenvalue weighted by Crippen LogP contribution is 2.27. The summed E-state index contributed by atoms with van der Waals surface area (Å²) in [5, 5.41) is 8.89. The Kier molecular flexibility index (Phi) is 4.29. The molecule has 0 bridgehead atoms. The molecule has 1 heteroatoms. The fraction of sp³-hybridized carbons (Fsp3) is 0.500. The van der Waals surface area contributed by atoms with Gasteiger partial charge >= 0.3 is 0 Å². The van der Waals surface area contributed by atoms with Gasteiger partial charge in [0.05, 0.1) is 11.5 Å². The van der Waals surface area contributed by atoms with Crippen LogP contribution in [0.15, 0.2) is 24.8 Å². The van der Waals surface area contributed by atoms with Crippen LogP contribution in [0.25, 0.3) is 0 Å². The average Bonchev–Trinajstić information content (AvgIpc) is 2.04. The molecule has 0 saturated heterocycles. The van der Waals surface area contributed by atoms with Crippen LogP contribution in [0.1, 0.15) is 26.7 Å². The van der Waals surface area contributed by atoms with E-state index in [-0.39, 0.29) is 5.41 Å². The fourth-order valence-corrected chi connectivity index (χ4v) is 1.07. The second-order valence-corrected chi connectivity index (χ2v) is 2.61. The zero-order chi connectivity index (χ0) is 8.74. The van der Waals surface area contributed by atoms with E-state index in [1.807, 2.05) is 26.0 Å². The van der Waals surface area contributed by atoms with Crippen molar-refractivity contribution in [1.82, 2.24) is 0 Å². The third kappa shape index (κ3) is 2.59. The second-order valence-electron chi connectivity index (χ2n) is 2.61. The summed E-state index contributed by atoms with van der Waals surface area (Å²) in [6, 6.07) is 2.31. The van der Waals surface area contributed by atoms with Crippen LogP contribution in [0, 0.1) is 16.7 Å². The summed E-state index contributed by atoms with van der Waals surface area (Å²) in [6.45, 7) is 7.59. The predicted molar refractivity (Wildman–Crippen MR) is 48.0 cm³/mol. The largest absolute Gasteiger partial charge is 0.197 e. The fourth-order valence-electron chi connectivity index (χ4n) is 1.07. The highest BCUT2D eigenvalue weighted by atomic mass is 14.3. The lowest BCUT2D eigenvalue weighted by atomic mass is 9.83. The lowest BCUT2D eigenvalue weighted by molar-refractivity contribution is 0.495. The molecule has 11 heavy (non-hydrogen) atoms. The minimum absolute atomic E-state index is 0.309. The van der Waals surface area contributed by atoms with E-state index in [1.54, 1.807) is 6.08 Å². The summed E-state index contributed by atoms with van der Waals surface area (Å²) in [5.41, 5.74) is -0.309. The van der Waals surface area contributed by atoms with Gasteiger partial charge in [0.15, 0.2) is 0 Å². The third-order valence-electron chi connectivity index (χ3n) is 1.85. The summed E-state index contributed by atoms with van der Waals surface area (Å²) in [7, 11) is 0. The van der Waals surface area contributed by atoms with Crippen molar-refractivity contribution in [3.8, 4) is 6.07 Å². The molecule has 0 aromatic rings. The van der Waals surface area contributed by atoms with E-state index in [0.29, 0.717) is 0 Å². The first-order valence-corrected chi connectivity index (χ1v) is 3.90. The van der Waals surface area contributed by atoms with Crippen molar-refractivity contribution < 1.29 is 0 Å². The van der Waals surface area contributed by atoms with Crippen molar-refractivity contribution in [2.75, 3.05) is 0 Å². The summed E-state index contributed by atoms with van der Waals surface area (Å²) in [5.74, 6) is 0. The Morgan fingerprint density at radius 1 is 1.64 bits per heavy atom. The standard InChI is InChI=1S/C10H15N/c1-4-7-10(6-3,9-11)8-5-2/h4-5,8H,1,6-7H2,2-3H3. The minimum atomic E-state index is -0.309. The maximum absolute atomic E-state index is 8.89. The molecule has 0 radical (unpaired) electrons. The van der Waals surface area contributed by atoms with Gasteiger partial charge in [-0.05, 0) is 19.8 Å². The Hall–Kier alpha value is -1.03. The summed E-state index contributed by atoms with van der Waals surface area (Å²) in [6.07, 6.45) is 7.27. The molecule has 1 nitrogen and oxygen atoms in total. The number of nitriles is 1. The lowest BCUT2D eigenvalue weighted by Crippen LogP contribution is -2.12. The van der Waals surface area contributed by atoms with Crippen LogP contribution in [0.2, 0.25) is 0 Å². The molecule has 0 heterocycles. The molecule has 1 unspecified atom stereocenters. The van der Waals surface area contributed by atoms with Crippen LogP contribution in [0.3, 0.4) is 0 Å². The monoisotopic (exact) mass is 149 g/mol. The molecule has 0 aromatic heterocycles. The molecule has 0 aliphatic heterocycles. The van der Waals surface area contributed by atoms with Crippen molar-refractivity contribution in [1.29, 1.82) is 5.26 Å². The number of hydrogen-bond acceptors (Lipinski definition) is 1. The Morgan fingerprint density at radius 2 is 2.27 bits per heavy atom. The van der Waals surface area contributed by atoms with E-state index in [1.165, 1.54) is 0 Å². The van der Waals surface area contributed by atoms with Crippen molar-refractivity contribution in [2.45, 2.75) is 26.7 Å². The van der Waals surface area contributed by atoms with E-state index in [0.717, 1.165) is 12.8 Å². The lowest BCUT2D eigenvalue weighted by Gasteiger charge is -2.17. The van der Waals surface area contributed by atoms with E-state index in [9.17, 15) is 0 Å². The van der Waals surface area contributed by atoms with E-state index >= 15 is 0 Å². The Morgan fingerprint density at radius 3 is 2.55 bits per heavy atom. The summed E-state index contributed by atoms with van der Waals surface area (Å²) in [4.78, 5) is 0. The van der Waals surface area contributed by atoms with E-state index < -0.39 is 0 Å². The van der Waals surface area contributed by atoms with Crippen molar-refractivity contribution in [3.05, 3.63) is 24.8 Å². The van der Waals surface area contributed by atoms with Gasteiger partial charge in [-0.1, -0.05) is 25.2 Å². The molecular weight excluding hydrogens is 134 g/mol. The van der Waals surface area contributed by atoms with Crippen LogP contribution in [-0.4, -0.2) is 0 Å². The molecule has 0 N–H and O–H groups in total. The van der Waals surface area contributed by atoms with Crippen LogP contribution in [-0.2, 0) is 0 Å². The van der Waals surface area contributed by atoms with Gasteiger partial charge in [-0.25, -0.2) is 0 Å². The van der Waals surface area contributed by atoms with Gasteiger partial charge < -0.3 is 0 Å². The van der Waals surface area contributed by atoms with Gasteiger partial charge in [0.2, 0.25) is 0 Å². The molecule has 0 aromatic carbocycles. The summed E-state index contributed by atoms with van der Waals surface area (Å²) < 4.78 is 0. The van der Waals surface area contributed by atoms with Crippen LogP contribution >= 0.6 is 0 Å². The topological polar surface area (TPSA) is 23.8 Å². The van der Waals surface area contributed by atoms with E-state index in [4.69, 9.17) is 5.26 Å². The van der Waals surface area contributed by atoms with Gasteiger partial charge in [0, 0.05) is 0 Å². The first-order chi connectivity index (χ1) is 5.24. The molecule has 0 fully saturated rings. The summed E-state index contributed by atoms with van der Waals surface area (Å²) >= 11 is 0.